The number of ether oxygens (including phenoxy) is 2. The van der Waals surface area contributed by atoms with Crippen LogP contribution in [0.1, 0.15) is 73.8 Å². The molecule has 2 saturated carbocycles. The van der Waals surface area contributed by atoms with Gasteiger partial charge in [-0.3, -0.25) is 39.3 Å². The fourth-order valence-electron chi connectivity index (χ4n) is 7.12. The zero-order valence-corrected chi connectivity index (χ0v) is 44.9. The highest BCUT2D eigenvalue weighted by Crippen LogP contribution is 2.33. The highest BCUT2D eigenvalue weighted by Gasteiger charge is 2.31. The van der Waals surface area contributed by atoms with Crippen molar-refractivity contribution in [1.29, 1.82) is 0 Å². The molecule has 0 saturated heterocycles. The van der Waals surface area contributed by atoms with Crippen LogP contribution in [-0.4, -0.2) is 103 Å². The third-order valence-electron chi connectivity index (χ3n) is 11.5. The number of nitrogens with one attached hydrogen (secondary N) is 3. The van der Waals surface area contributed by atoms with E-state index in [1.807, 2.05) is 82.4 Å². The van der Waals surface area contributed by atoms with Crippen molar-refractivity contribution >= 4 is 80.5 Å². The molecular weight excluding hydrogens is 1030 g/mol. The highest BCUT2D eigenvalue weighted by atomic mass is 32.2. The third kappa shape index (κ3) is 15.9. The molecule has 1 aliphatic heterocycles. The summed E-state index contributed by atoms with van der Waals surface area (Å²) < 4.78 is 42.5. The molecular formula is C53H59N11O9S3. The molecule has 4 N–H and O–H groups in total. The smallest absolute Gasteiger partial charge is 0.296 e. The molecule has 20 nitrogen and oxygen atoms in total. The number of aliphatic hydroxyl groups is 1. The van der Waals surface area contributed by atoms with Crippen LogP contribution in [0.3, 0.4) is 0 Å². The van der Waals surface area contributed by atoms with E-state index in [9.17, 15) is 27.9 Å². The molecule has 76 heavy (non-hydrogen) atoms. The number of pyridine rings is 2. The van der Waals surface area contributed by atoms with Crippen molar-refractivity contribution in [2.75, 3.05) is 30.4 Å². The van der Waals surface area contributed by atoms with Gasteiger partial charge in [0, 0.05) is 40.4 Å². The number of hydrogen-bond acceptors (Lipinski definition) is 17. The number of hydrogen-bond donors (Lipinski definition) is 4. The predicted octanol–water partition coefficient (Wildman–Crippen LogP) is 8.65. The van der Waals surface area contributed by atoms with Crippen LogP contribution in [0.15, 0.2) is 119 Å². The number of aromatic nitrogens is 8. The van der Waals surface area contributed by atoms with Crippen molar-refractivity contribution in [2.45, 2.75) is 89.9 Å². The summed E-state index contributed by atoms with van der Waals surface area (Å²) in [4.78, 5) is 50.7. The van der Waals surface area contributed by atoms with Gasteiger partial charge in [0.1, 0.15) is 5.60 Å². The van der Waals surface area contributed by atoms with Crippen LogP contribution in [0, 0.1) is 18.8 Å². The number of benzene rings is 1. The Balaban J connectivity index is 0.000000146. The Morgan fingerprint density at radius 1 is 0.803 bits per heavy atom. The van der Waals surface area contributed by atoms with Gasteiger partial charge in [0.25, 0.3) is 16.6 Å². The van der Waals surface area contributed by atoms with Gasteiger partial charge in [-0.1, -0.05) is 35.9 Å². The number of anilines is 2. The maximum Gasteiger partial charge on any atom is 0.296 e. The van der Waals surface area contributed by atoms with E-state index in [1.165, 1.54) is 16.9 Å². The van der Waals surface area contributed by atoms with Gasteiger partial charge in [0.05, 0.1) is 65.2 Å². The van der Waals surface area contributed by atoms with Crippen molar-refractivity contribution < 1.29 is 41.6 Å². The predicted molar refractivity (Wildman–Crippen MR) is 290 cm³/mol. The summed E-state index contributed by atoms with van der Waals surface area (Å²) in [5, 5.41) is 30.1. The number of amides is 2. The molecule has 1 aromatic carbocycles. The van der Waals surface area contributed by atoms with Crippen LogP contribution in [0.4, 0.5) is 11.9 Å². The first-order valence-electron chi connectivity index (χ1n) is 24.6. The van der Waals surface area contributed by atoms with E-state index in [0.717, 1.165) is 80.7 Å². The van der Waals surface area contributed by atoms with Crippen molar-refractivity contribution in [3.8, 4) is 21.1 Å². The number of nitrogens with zero attached hydrogens (tertiary/aromatic N) is 8. The summed E-state index contributed by atoms with van der Waals surface area (Å²) in [6, 6.07) is 26.1. The molecule has 0 radical (unpaired) electrons. The van der Waals surface area contributed by atoms with E-state index in [1.54, 1.807) is 57.0 Å². The lowest BCUT2D eigenvalue weighted by molar-refractivity contribution is -0.138. The van der Waals surface area contributed by atoms with E-state index in [4.69, 9.17) is 8.92 Å². The Kier molecular flexibility index (Phi) is 18.4. The first-order chi connectivity index (χ1) is 36.6. The van der Waals surface area contributed by atoms with E-state index >= 15 is 0 Å². The van der Waals surface area contributed by atoms with Gasteiger partial charge >= 0.3 is 0 Å². The zero-order chi connectivity index (χ0) is 53.7. The average Bonchev–Trinajstić information content (AvgIpc) is 3.89. The first-order valence-corrected chi connectivity index (χ1v) is 27.6. The number of thiophene rings is 2. The highest BCUT2D eigenvalue weighted by molar-refractivity contribution is 7.86. The number of aryl methyl sites for hydroxylation is 1. The lowest BCUT2D eigenvalue weighted by Gasteiger charge is -2.14. The van der Waals surface area contributed by atoms with E-state index in [2.05, 4.69) is 68.9 Å². The fourth-order valence-corrected chi connectivity index (χ4v) is 9.86. The van der Waals surface area contributed by atoms with E-state index in [-0.39, 0.29) is 47.4 Å². The Labute approximate surface area is 447 Å². The molecule has 0 spiro atoms. The molecule has 2 aliphatic carbocycles. The second-order valence-electron chi connectivity index (χ2n) is 18.8. The number of carbonyl (C=O) groups excluding carboxylic acids is 3. The van der Waals surface area contributed by atoms with Crippen LogP contribution in [0.5, 0.6) is 0 Å². The van der Waals surface area contributed by atoms with Gasteiger partial charge in [-0.25, -0.2) is 9.03 Å². The van der Waals surface area contributed by atoms with E-state index < -0.39 is 10.1 Å². The van der Waals surface area contributed by atoms with Crippen LogP contribution >= 0.6 is 22.7 Å². The quantitative estimate of drug-likeness (QED) is 0.0356. The summed E-state index contributed by atoms with van der Waals surface area (Å²) in [5.74, 6) is 0.949. The molecule has 2 fully saturated rings. The maximum atomic E-state index is 12.0. The van der Waals surface area contributed by atoms with Crippen LogP contribution in [0.2, 0.25) is 0 Å². The summed E-state index contributed by atoms with van der Waals surface area (Å²) >= 11 is 3.19. The molecule has 7 aromatic heterocycles. The largest absolute Gasteiger partial charge is 0.462 e. The molecule has 3 aliphatic rings. The lowest BCUT2D eigenvalue weighted by atomic mass is 10.2. The number of aromatic amines is 1. The second kappa shape index (κ2) is 25.5. The molecule has 2 amide bonds. The number of fused-ring (bicyclic) bond motifs is 2. The monoisotopic (exact) mass is 1090 g/mol. The molecule has 8 heterocycles. The molecule has 398 valence electrons. The topological polar surface area (TPSA) is 259 Å². The van der Waals surface area contributed by atoms with E-state index in [0.29, 0.717) is 49.3 Å². The van der Waals surface area contributed by atoms with Crippen LogP contribution in [0.25, 0.3) is 32.4 Å². The van der Waals surface area contributed by atoms with Gasteiger partial charge in [0.2, 0.25) is 23.7 Å². The molecule has 11 rings (SSSR count). The average molecular weight is 1090 g/mol. The normalized spacial score (nSPS) is 13.9. The van der Waals surface area contributed by atoms with Crippen molar-refractivity contribution in [2.24, 2.45) is 16.8 Å². The Bertz CT molecular complexity index is 3400. The van der Waals surface area contributed by atoms with Crippen LogP contribution in [-0.2, 0) is 57.8 Å². The Morgan fingerprint density at radius 2 is 1.39 bits per heavy atom. The number of carbonyl (C=O) groups is 3. The van der Waals surface area contributed by atoms with Crippen molar-refractivity contribution in [3.63, 3.8) is 0 Å². The fraction of sp³-hybridized carbons (Fsp3) is 0.340. The molecule has 23 heteroatoms. The number of rotatable bonds is 18. The summed E-state index contributed by atoms with van der Waals surface area (Å²) in [5.41, 5.74) is 6.09. The Morgan fingerprint density at radius 3 is 1.88 bits per heavy atom. The molecule has 0 bridgehead atoms. The molecule has 0 unspecified atom stereocenters. The Hall–Kier alpha value is -7.28. The third-order valence-corrected chi connectivity index (χ3v) is 15.0. The van der Waals surface area contributed by atoms with Gasteiger partial charge in [-0.05, 0) is 132 Å². The van der Waals surface area contributed by atoms with Gasteiger partial charge in [-0.15, -0.1) is 32.9 Å². The number of aliphatic hydroxyl groups excluding tert-OH is 1. The van der Waals surface area contributed by atoms with Crippen molar-refractivity contribution in [3.05, 3.63) is 130 Å². The summed E-state index contributed by atoms with van der Waals surface area (Å²) in [6.45, 7) is 10.0. The van der Waals surface area contributed by atoms with Gasteiger partial charge in [0.15, 0.2) is 11.3 Å². The molecule has 8 aromatic rings. The lowest BCUT2D eigenvalue weighted by Crippen LogP contribution is -2.17. The number of H-pyrrole nitrogens is 1. The first kappa shape index (κ1) is 55.0. The SMILES string of the molecule is CC(C)(C)OC=O.Cc1ccc(S(=O)(=O)OCCc2cn[nH]c2)cc1.O=C(Nc1nc2cccc(-c3ccc(CO)s3)n2n1)C1CC1.O=C(Nc1nc2cccc(-c3ccc(COCCC4=CCN=C4)s3)n2n1)C1CC1. The summed E-state index contributed by atoms with van der Waals surface area (Å²) in [7, 11) is -3.66. The molecule has 0 atom stereocenters. The van der Waals surface area contributed by atoms with Crippen LogP contribution < -0.4 is 10.6 Å². The second-order valence-corrected chi connectivity index (χ2v) is 22.7. The van der Waals surface area contributed by atoms with Crippen molar-refractivity contribution in [1.82, 2.24) is 39.4 Å². The standard InChI is InChI=1S/C21H21N5O2S.C15H14N4O2S.C12H14N2O3S.C5H10O2/c27-20(15-4-5-15)24-21-23-19-3-1-2-17(26(19)25-21)18-7-6-16(29-18)13-28-11-9-14-8-10-22-12-14;20-8-10-6-7-12(22-10)11-2-1-3-13-16-15(18-19(11)13)17-14(21)9-4-5-9;1-10-2-4-12(5-3-10)18(15,16)17-7-6-11-8-13-14-9-11;1-5(2,3)7-4-6/h1-3,6-8,12,15H,4-5,9-11,13H2,(H,24,25,27);1-3,6-7,9,20H,4-5,8H2,(H,17,18,21);2-5,8-9H,6-7H2,1H3,(H,13,14);4H,1-3H3. The minimum Gasteiger partial charge on any atom is -0.462 e. The van der Waals surface area contributed by atoms with Gasteiger partial charge < -0.3 is 14.6 Å². The minimum absolute atomic E-state index is 0.00357. The maximum absolute atomic E-state index is 12.0. The minimum atomic E-state index is -3.66. The number of aliphatic imine (C=N–C) groups is 1. The van der Waals surface area contributed by atoms with Gasteiger partial charge in [-0.2, -0.15) is 23.5 Å². The zero-order valence-electron chi connectivity index (χ0n) is 42.4. The summed E-state index contributed by atoms with van der Waals surface area (Å²) in [6.07, 6.45) is 12.6.